The molecule has 2 aliphatic rings. The Morgan fingerprint density at radius 1 is 0.950 bits per heavy atom. The topological polar surface area (TPSA) is 32.8 Å². The highest BCUT2D eigenvalue weighted by Gasteiger charge is 2.15. The van der Waals surface area contributed by atoms with Gasteiger partial charge in [-0.3, -0.25) is 9.69 Å². The molecule has 0 unspecified atom stereocenters. The monoisotopic (exact) mass is 300 g/mol. The maximum absolute atomic E-state index is 12.1. The van der Waals surface area contributed by atoms with E-state index in [4.69, 9.17) is 4.74 Å². The number of thioether (sulfide) groups is 1. The van der Waals surface area contributed by atoms with Gasteiger partial charge in [0, 0.05) is 50.7 Å². The third-order valence-electron chi connectivity index (χ3n) is 4.07. The molecule has 0 N–H and O–H groups in total. The van der Waals surface area contributed by atoms with E-state index < -0.39 is 0 Å². The van der Waals surface area contributed by atoms with E-state index in [1.165, 1.54) is 25.7 Å². The van der Waals surface area contributed by atoms with Gasteiger partial charge in [0.15, 0.2) is 0 Å². The number of carbonyl (C=O) groups is 1. The predicted molar refractivity (Wildman–Crippen MR) is 84.2 cm³/mol. The van der Waals surface area contributed by atoms with Crippen LogP contribution in [-0.4, -0.2) is 73.2 Å². The van der Waals surface area contributed by atoms with Gasteiger partial charge in [0.1, 0.15) is 0 Å². The maximum atomic E-state index is 12.1. The Morgan fingerprint density at radius 3 is 2.35 bits per heavy atom. The van der Waals surface area contributed by atoms with Gasteiger partial charge in [-0.05, 0) is 12.8 Å². The van der Waals surface area contributed by atoms with Crippen LogP contribution in [0.3, 0.4) is 0 Å². The zero-order valence-electron chi connectivity index (χ0n) is 12.5. The molecule has 2 fully saturated rings. The van der Waals surface area contributed by atoms with Crippen LogP contribution in [0.5, 0.6) is 0 Å². The summed E-state index contributed by atoms with van der Waals surface area (Å²) in [4.78, 5) is 16.6. The van der Waals surface area contributed by atoms with E-state index in [-0.39, 0.29) is 0 Å². The van der Waals surface area contributed by atoms with Gasteiger partial charge in [0.25, 0.3) is 0 Å². The van der Waals surface area contributed by atoms with Crippen LogP contribution < -0.4 is 0 Å². The highest BCUT2D eigenvalue weighted by atomic mass is 32.2. The Hall–Kier alpha value is -0.260. The van der Waals surface area contributed by atoms with E-state index in [1.807, 2.05) is 11.8 Å². The molecule has 0 aromatic rings. The molecule has 0 aromatic carbocycles. The van der Waals surface area contributed by atoms with Crippen LogP contribution in [0.25, 0.3) is 0 Å². The number of hydrogen-bond donors (Lipinski definition) is 0. The molecule has 2 rings (SSSR count). The van der Waals surface area contributed by atoms with Crippen LogP contribution in [0.15, 0.2) is 0 Å². The quantitative estimate of drug-likeness (QED) is 0.701. The lowest BCUT2D eigenvalue weighted by Gasteiger charge is -2.26. The van der Waals surface area contributed by atoms with Crippen LogP contribution >= 0.6 is 11.8 Å². The fourth-order valence-corrected chi connectivity index (χ4v) is 3.67. The summed E-state index contributed by atoms with van der Waals surface area (Å²) in [5.74, 6) is 2.47. The minimum absolute atomic E-state index is 0.366. The van der Waals surface area contributed by atoms with Crippen molar-refractivity contribution in [2.75, 3.05) is 57.4 Å². The summed E-state index contributed by atoms with van der Waals surface area (Å²) in [5.41, 5.74) is 0. The number of ether oxygens (including phenoxy) is 1. The van der Waals surface area contributed by atoms with Crippen molar-refractivity contribution in [1.29, 1.82) is 0 Å². The van der Waals surface area contributed by atoms with Gasteiger partial charge >= 0.3 is 0 Å². The molecule has 2 aliphatic heterocycles. The van der Waals surface area contributed by atoms with Crippen LogP contribution in [0, 0.1) is 0 Å². The summed E-state index contributed by atoms with van der Waals surface area (Å²) < 4.78 is 5.34. The van der Waals surface area contributed by atoms with Crippen LogP contribution in [0.4, 0.5) is 0 Å². The Labute approximate surface area is 127 Å². The third-order valence-corrected chi connectivity index (χ3v) is 5.04. The summed E-state index contributed by atoms with van der Waals surface area (Å²) in [6.07, 6.45) is 5.68. The van der Waals surface area contributed by atoms with Gasteiger partial charge in [-0.15, -0.1) is 0 Å². The second-order valence-electron chi connectivity index (χ2n) is 5.61. The van der Waals surface area contributed by atoms with E-state index in [9.17, 15) is 4.79 Å². The third kappa shape index (κ3) is 6.02. The zero-order chi connectivity index (χ0) is 14.0. The first-order valence-corrected chi connectivity index (χ1v) is 9.17. The molecule has 116 valence electrons. The van der Waals surface area contributed by atoms with E-state index in [0.717, 1.165) is 57.4 Å². The first kappa shape index (κ1) is 16.1. The van der Waals surface area contributed by atoms with E-state index in [0.29, 0.717) is 12.3 Å². The van der Waals surface area contributed by atoms with Crippen molar-refractivity contribution in [3.05, 3.63) is 0 Å². The minimum Gasteiger partial charge on any atom is -0.379 e. The summed E-state index contributed by atoms with van der Waals surface area (Å²) in [5, 5.41) is 0. The predicted octanol–water partition coefficient (Wildman–Crippen LogP) is 1.84. The Bertz CT molecular complexity index is 275. The normalized spacial score (nSPS) is 21.7. The van der Waals surface area contributed by atoms with E-state index in [1.54, 1.807) is 0 Å². The lowest BCUT2D eigenvalue weighted by atomic mass is 10.2. The van der Waals surface area contributed by atoms with Crippen molar-refractivity contribution in [3.8, 4) is 0 Å². The van der Waals surface area contributed by atoms with Crippen molar-refractivity contribution in [2.24, 2.45) is 0 Å². The molecule has 0 aliphatic carbocycles. The number of rotatable bonds is 6. The lowest BCUT2D eigenvalue weighted by Crippen LogP contribution is -2.37. The maximum Gasteiger partial charge on any atom is 0.223 e. The second kappa shape index (κ2) is 9.64. The number of amides is 1. The fraction of sp³-hybridized carbons (Fsp3) is 0.933. The van der Waals surface area contributed by atoms with Crippen molar-refractivity contribution in [3.63, 3.8) is 0 Å². The van der Waals surface area contributed by atoms with Crippen molar-refractivity contribution < 1.29 is 9.53 Å². The molecule has 0 aromatic heterocycles. The largest absolute Gasteiger partial charge is 0.379 e. The molecule has 2 saturated heterocycles. The zero-order valence-corrected chi connectivity index (χ0v) is 13.3. The molecule has 0 radical (unpaired) electrons. The molecule has 0 saturated carbocycles. The molecule has 0 atom stereocenters. The summed E-state index contributed by atoms with van der Waals surface area (Å²) in [7, 11) is 0. The SMILES string of the molecule is O=C(CCSCCN1CCOCC1)N1CCCCCC1. The molecule has 0 bridgehead atoms. The Balaban J connectivity index is 1.50. The summed E-state index contributed by atoms with van der Waals surface area (Å²) in [6.45, 7) is 6.97. The van der Waals surface area contributed by atoms with Gasteiger partial charge in [-0.25, -0.2) is 0 Å². The highest BCUT2D eigenvalue weighted by molar-refractivity contribution is 7.99. The molecule has 4 nitrogen and oxygen atoms in total. The fourth-order valence-electron chi connectivity index (χ4n) is 2.76. The van der Waals surface area contributed by atoms with Gasteiger partial charge in [-0.1, -0.05) is 12.8 Å². The van der Waals surface area contributed by atoms with Gasteiger partial charge in [0.05, 0.1) is 13.2 Å². The minimum atomic E-state index is 0.366. The number of carbonyl (C=O) groups excluding carboxylic acids is 1. The van der Waals surface area contributed by atoms with Gasteiger partial charge in [0.2, 0.25) is 5.91 Å². The first-order chi connectivity index (χ1) is 9.86. The number of hydrogen-bond acceptors (Lipinski definition) is 4. The standard InChI is InChI=1S/C15H28N2O2S/c18-15(17-6-3-1-2-4-7-17)5-13-20-14-10-16-8-11-19-12-9-16/h1-14H2. The first-order valence-electron chi connectivity index (χ1n) is 8.02. The molecule has 5 heteroatoms. The molecule has 0 spiro atoms. The molecule has 20 heavy (non-hydrogen) atoms. The van der Waals surface area contributed by atoms with Crippen LogP contribution in [0.1, 0.15) is 32.1 Å². The lowest BCUT2D eigenvalue weighted by molar-refractivity contribution is -0.130. The van der Waals surface area contributed by atoms with Crippen LogP contribution in [0.2, 0.25) is 0 Å². The second-order valence-corrected chi connectivity index (χ2v) is 6.84. The Kier molecular flexibility index (Phi) is 7.76. The van der Waals surface area contributed by atoms with Gasteiger partial charge < -0.3 is 9.64 Å². The average Bonchev–Trinajstić information content (AvgIpc) is 2.77. The van der Waals surface area contributed by atoms with E-state index in [2.05, 4.69) is 9.80 Å². The van der Waals surface area contributed by atoms with Crippen molar-refractivity contribution in [1.82, 2.24) is 9.80 Å². The molecule has 2 heterocycles. The smallest absolute Gasteiger partial charge is 0.223 e. The number of likely N-dealkylation sites (tertiary alicyclic amines) is 1. The molecule has 1 amide bonds. The van der Waals surface area contributed by atoms with Crippen LogP contribution in [-0.2, 0) is 9.53 Å². The van der Waals surface area contributed by atoms with Crippen molar-refractivity contribution >= 4 is 17.7 Å². The number of nitrogens with zero attached hydrogens (tertiary/aromatic N) is 2. The highest BCUT2D eigenvalue weighted by Crippen LogP contribution is 2.12. The summed E-state index contributed by atoms with van der Waals surface area (Å²) >= 11 is 1.91. The van der Waals surface area contributed by atoms with Gasteiger partial charge in [-0.2, -0.15) is 11.8 Å². The average molecular weight is 300 g/mol. The van der Waals surface area contributed by atoms with Crippen molar-refractivity contribution in [2.45, 2.75) is 32.1 Å². The molecular weight excluding hydrogens is 272 g/mol. The summed E-state index contributed by atoms with van der Waals surface area (Å²) in [6, 6.07) is 0. The Morgan fingerprint density at radius 2 is 1.65 bits per heavy atom. The molecular formula is C15H28N2O2S. The van der Waals surface area contributed by atoms with E-state index >= 15 is 0 Å². The number of morpholine rings is 1.